The Hall–Kier alpha value is -0.990. The minimum atomic E-state index is 0.513. The second-order valence-corrected chi connectivity index (χ2v) is 6.46. The second kappa shape index (κ2) is 7.86. The van der Waals surface area contributed by atoms with Gasteiger partial charge in [-0.05, 0) is 55.0 Å². The van der Waals surface area contributed by atoms with Crippen molar-refractivity contribution in [3.8, 4) is 5.75 Å². The molecule has 0 radical (unpaired) electrons. The fourth-order valence-electron chi connectivity index (χ4n) is 2.57. The van der Waals surface area contributed by atoms with Crippen LogP contribution in [0.5, 0.6) is 5.75 Å². The Labute approximate surface area is 140 Å². The number of benzene rings is 2. The van der Waals surface area contributed by atoms with E-state index in [2.05, 4.69) is 47.1 Å². The van der Waals surface area contributed by atoms with Gasteiger partial charge in [0.05, 0.1) is 7.11 Å². The first kappa shape index (κ1) is 16.4. The molecule has 0 heterocycles. The number of hydrogen-bond donors (Lipinski definition) is 0. The molecule has 0 aliphatic carbocycles. The third-order valence-corrected chi connectivity index (χ3v) is 4.73. The molecule has 0 bridgehead atoms. The van der Waals surface area contributed by atoms with Crippen LogP contribution in [0.2, 0.25) is 5.02 Å². The van der Waals surface area contributed by atoms with Crippen molar-refractivity contribution in [1.82, 2.24) is 0 Å². The number of halogens is 2. The highest BCUT2D eigenvalue weighted by atomic mass is 79.9. The van der Waals surface area contributed by atoms with Crippen LogP contribution in [-0.2, 0) is 12.8 Å². The van der Waals surface area contributed by atoms with Gasteiger partial charge in [0.2, 0.25) is 0 Å². The number of methoxy groups -OCH3 is 1. The lowest BCUT2D eigenvalue weighted by atomic mass is 9.93. The molecule has 0 aliphatic rings. The molecule has 0 saturated carbocycles. The van der Waals surface area contributed by atoms with Crippen molar-refractivity contribution in [2.24, 2.45) is 5.92 Å². The minimum absolute atomic E-state index is 0.513. The molecule has 0 spiro atoms. The number of rotatable bonds is 6. The van der Waals surface area contributed by atoms with Crippen LogP contribution in [0, 0.1) is 12.8 Å². The smallest absolute Gasteiger partial charge is 0.122 e. The van der Waals surface area contributed by atoms with Crippen molar-refractivity contribution >= 4 is 27.5 Å². The Bertz CT molecular complexity index is 598. The highest BCUT2D eigenvalue weighted by molar-refractivity contribution is 9.09. The van der Waals surface area contributed by atoms with Gasteiger partial charge in [0.1, 0.15) is 5.75 Å². The normalized spacial score (nSPS) is 12.2. The summed E-state index contributed by atoms with van der Waals surface area (Å²) in [7, 11) is 1.70. The molecule has 2 aromatic rings. The highest BCUT2D eigenvalue weighted by Gasteiger charge is 2.13. The summed E-state index contributed by atoms with van der Waals surface area (Å²) < 4.78 is 5.44. The van der Waals surface area contributed by atoms with Crippen LogP contribution >= 0.6 is 27.5 Å². The lowest BCUT2D eigenvalue weighted by Gasteiger charge is -2.17. The van der Waals surface area contributed by atoms with Crippen molar-refractivity contribution in [2.45, 2.75) is 19.8 Å². The molecule has 1 unspecified atom stereocenters. The summed E-state index contributed by atoms with van der Waals surface area (Å²) in [6.45, 7) is 2.13. The molecule has 0 saturated heterocycles. The quantitative estimate of drug-likeness (QED) is 0.617. The summed E-state index contributed by atoms with van der Waals surface area (Å²) in [6.07, 6.45) is 1.99. The third kappa shape index (κ3) is 4.76. The molecule has 0 amide bonds. The van der Waals surface area contributed by atoms with E-state index in [1.807, 2.05) is 18.2 Å². The van der Waals surface area contributed by atoms with E-state index in [1.54, 1.807) is 7.11 Å². The summed E-state index contributed by atoms with van der Waals surface area (Å²) in [5.41, 5.74) is 3.85. The fraction of sp³-hybridized carbons (Fsp3) is 0.333. The first-order valence-electron chi connectivity index (χ1n) is 7.06. The Morgan fingerprint density at radius 2 is 1.95 bits per heavy atom. The van der Waals surface area contributed by atoms with Crippen LogP contribution in [-0.4, -0.2) is 12.4 Å². The van der Waals surface area contributed by atoms with Gasteiger partial charge in [-0.1, -0.05) is 57.4 Å². The molecule has 0 aromatic heterocycles. The topological polar surface area (TPSA) is 9.23 Å². The Morgan fingerprint density at radius 3 is 2.62 bits per heavy atom. The van der Waals surface area contributed by atoms with Gasteiger partial charge in [-0.25, -0.2) is 0 Å². The standard InChI is InChI=1S/C18H20BrClO/c1-13-4-3-5-14(8-13)9-15(12-19)10-16-11-17(20)6-7-18(16)21-2/h3-8,11,15H,9-10,12H2,1-2H3. The third-order valence-electron chi connectivity index (χ3n) is 3.58. The van der Waals surface area contributed by atoms with E-state index in [4.69, 9.17) is 16.3 Å². The van der Waals surface area contributed by atoms with Gasteiger partial charge in [-0.3, -0.25) is 0 Å². The fourth-order valence-corrected chi connectivity index (χ4v) is 3.22. The van der Waals surface area contributed by atoms with Crippen molar-refractivity contribution in [3.63, 3.8) is 0 Å². The molecule has 1 nitrogen and oxygen atoms in total. The molecule has 3 heteroatoms. The summed E-state index contributed by atoms with van der Waals surface area (Å²) in [4.78, 5) is 0. The predicted octanol–water partition coefficient (Wildman–Crippen LogP) is 5.45. The van der Waals surface area contributed by atoms with Crippen LogP contribution in [0.25, 0.3) is 0 Å². The average molecular weight is 368 g/mol. The average Bonchev–Trinajstić information content (AvgIpc) is 2.47. The maximum Gasteiger partial charge on any atom is 0.122 e. The summed E-state index contributed by atoms with van der Waals surface area (Å²) in [5.74, 6) is 1.42. The Kier molecular flexibility index (Phi) is 6.13. The molecule has 21 heavy (non-hydrogen) atoms. The van der Waals surface area contributed by atoms with Gasteiger partial charge in [-0.15, -0.1) is 0 Å². The maximum atomic E-state index is 6.11. The molecule has 112 valence electrons. The first-order valence-corrected chi connectivity index (χ1v) is 8.56. The Balaban J connectivity index is 2.14. The SMILES string of the molecule is COc1ccc(Cl)cc1CC(CBr)Cc1cccc(C)c1. The van der Waals surface area contributed by atoms with E-state index in [0.29, 0.717) is 5.92 Å². The molecule has 2 aromatic carbocycles. The number of aryl methyl sites for hydroxylation is 1. The molecule has 2 rings (SSSR count). The predicted molar refractivity (Wildman–Crippen MR) is 93.9 cm³/mol. The van der Waals surface area contributed by atoms with E-state index in [0.717, 1.165) is 28.9 Å². The summed E-state index contributed by atoms with van der Waals surface area (Å²) >= 11 is 9.75. The number of hydrogen-bond acceptors (Lipinski definition) is 1. The van der Waals surface area contributed by atoms with E-state index in [1.165, 1.54) is 16.7 Å². The monoisotopic (exact) mass is 366 g/mol. The van der Waals surface area contributed by atoms with Gasteiger partial charge in [0, 0.05) is 10.4 Å². The van der Waals surface area contributed by atoms with Crippen molar-refractivity contribution in [3.05, 3.63) is 64.2 Å². The van der Waals surface area contributed by atoms with Gasteiger partial charge >= 0.3 is 0 Å². The van der Waals surface area contributed by atoms with Gasteiger partial charge in [-0.2, -0.15) is 0 Å². The molecular weight excluding hydrogens is 348 g/mol. The van der Waals surface area contributed by atoms with Crippen molar-refractivity contribution in [1.29, 1.82) is 0 Å². The van der Waals surface area contributed by atoms with Crippen LogP contribution in [0.4, 0.5) is 0 Å². The van der Waals surface area contributed by atoms with Crippen molar-refractivity contribution < 1.29 is 4.74 Å². The molecule has 0 N–H and O–H groups in total. The number of ether oxygens (including phenoxy) is 1. The first-order chi connectivity index (χ1) is 10.1. The summed E-state index contributed by atoms with van der Waals surface area (Å²) in [6, 6.07) is 14.5. The molecule has 0 fully saturated rings. The van der Waals surface area contributed by atoms with Crippen LogP contribution in [0.3, 0.4) is 0 Å². The largest absolute Gasteiger partial charge is 0.496 e. The zero-order valence-electron chi connectivity index (χ0n) is 12.4. The molecular formula is C18H20BrClO. The van der Waals surface area contributed by atoms with Crippen LogP contribution in [0.15, 0.2) is 42.5 Å². The van der Waals surface area contributed by atoms with Crippen molar-refractivity contribution in [2.75, 3.05) is 12.4 Å². The molecule has 1 atom stereocenters. The maximum absolute atomic E-state index is 6.11. The minimum Gasteiger partial charge on any atom is -0.496 e. The van der Waals surface area contributed by atoms with Gasteiger partial charge in [0.25, 0.3) is 0 Å². The van der Waals surface area contributed by atoms with Crippen LogP contribution in [0.1, 0.15) is 16.7 Å². The Morgan fingerprint density at radius 1 is 1.14 bits per heavy atom. The second-order valence-electron chi connectivity index (χ2n) is 5.37. The lowest BCUT2D eigenvalue weighted by molar-refractivity contribution is 0.406. The molecule has 0 aliphatic heterocycles. The summed E-state index contributed by atoms with van der Waals surface area (Å²) in [5, 5.41) is 1.71. The van der Waals surface area contributed by atoms with Gasteiger partial charge in [0.15, 0.2) is 0 Å². The van der Waals surface area contributed by atoms with E-state index in [9.17, 15) is 0 Å². The lowest BCUT2D eigenvalue weighted by Crippen LogP contribution is -2.11. The zero-order valence-corrected chi connectivity index (χ0v) is 14.7. The van der Waals surface area contributed by atoms with E-state index >= 15 is 0 Å². The van der Waals surface area contributed by atoms with E-state index in [-0.39, 0.29) is 0 Å². The van der Waals surface area contributed by atoms with Crippen LogP contribution < -0.4 is 4.74 Å². The zero-order chi connectivity index (χ0) is 15.2. The highest BCUT2D eigenvalue weighted by Crippen LogP contribution is 2.27. The number of alkyl halides is 1. The van der Waals surface area contributed by atoms with Gasteiger partial charge < -0.3 is 4.74 Å². The van der Waals surface area contributed by atoms with E-state index < -0.39 is 0 Å².